The monoisotopic (exact) mass is 304 g/mol. The maximum atomic E-state index is 13.2. The number of para-hydroxylation sites is 1. The van der Waals surface area contributed by atoms with Gasteiger partial charge in [0.2, 0.25) is 0 Å². The van der Waals surface area contributed by atoms with Crippen molar-refractivity contribution in [3.63, 3.8) is 0 Å². The van der Waals surface area contributed by atoms with Crippen LogP contribution in [0.2, 0.25) is 0 Å². The fraction of sp³-hybridized carbons (Fsp3) is 0.250. The van der Waals surface area contributed by atoms with Gasteiger partial charge in [-0.3, -0.25) is 9.69 Å². The van der Waals surface area contributed by atoms with E-state index in [0.29, 0.717) is 0 Å². The second-order valence-electron chi connectivity index (χ2n) is 6.13. The first-order valence-electron chi connectivity index (χ1n) is 8.24. The molecule has 4 rings (SSSR count). The molecule has 23 heavy (non-hydrogen) atoms. The zero-order valence-corrected chi connectivity index (χ0v) is 13.0. The van der Waals surface area contributed by atoms with Gasteiger partial charge in [0.1, 0.15) is 0 Å². The molecule has 0 saturated carbocycles. The fourth-order valence-corrected chi connectivity index (χ4v) is 3.60. The van der Waals surface area contributed by atoms with Gasteiger partial charge in [-0.15, -0.1) is 0 Å². The van der Waals surface area contributed by atoms with E-state index in [-0.39, 0.29) is 11.9 Å². The van der Waals surface area contributed by atoms with Crippen LogP contribution in [0.4, 0.5) is 5.69 Å². The average Bonchev–Trinajstić information content (AvgIpc) is 3.03. The van der Waals surface area contributed by atoms with E-state index in [4.69, 9.17) is 0 Å². The number of carbonyl (C=O) groups is 1. The molecule has 1 aliphatic heterocycles. The van der Waals surface area contributed by atoms with Gasteiger partial charge >= 0.3 is 0 Å². The van der Waals surface area contributed by atoms with Crippen molar-refractivity contribution in [2.45, 2.75) is 25.3 Å². The summed E-state index contributed by atoms with van der Waals surface area (Å²) >= 11 is 0. The summed E-state index contributed by atoms with van der Waals surface area (Å²) < 4.78 is 0. The molecule has 3 nitrogen and oxygen atoms in total. The van der Waals surface area contributed by atoms with Crippen molar-refractivity contribution >= 4 is 11.6 Å². The third-order valence-corrected chi connectivity index (χ3v) is 4.73. The number of amides is 1. The number of benzene rings is 2. The van der Waals surface area contributed by atoms with Crippen molar-refractivity contribution in [3.8, 4) is 0 Å². The third kappa shape index (κ3) is 2.52. The largest absolute Gasteiger partial charge is 0.386 e. The lowest BCUT2D eigenvalue weighted by atomic mass is 10.0. The molecule has 0 saturated heterocycles. The highest BCUT2D eigenvalue weighted by molar-refractivity contribution is 6.07. The van der Waals surface area contributed by atoms with Crippen molar-refractivity contribution in [2.24, 2.45) is 0 Å². The van der Waals surface area contributed by atoms with Gasteiger partial charge in [0.05, 0.1) is 6.04 Å². The van der Waals surface area contributed by atoms with Crippen molar-refractivity contribution in [2.75, 3.05) is 11.4 Å². The lowest BCUT2D eigenvalue weighted by Crippen LogP contribution is -2.37. The summed E-state index contributed by atoms with van der Waals surface area (Å²) in [4.78, 5) is 15.2. The van der Waals surface area contributed by atoms with Gasteiger partial charge in [0.25, 0.3) is 5.91 Å². The van der Waals surface area contributed by atoms with E-state index in [1.807, 2.05) is 53.4 Å². The molecular formula is C20H20N2O. The first kappa shape index (κ1) is 14.1. The minimum absolute atomic E-state index is 0.0108. The molecule has 2 aliphatic rings. The summed E-state index contributed by atoms with van der Waals surface area (Å²) in [7, 11) is 0. The Morgan fingerprint density at radius 3 is 2.35 bits per heavy atom. The van der Waals surface area contributed by atoms with Gasteiger partial charge in [-0.25, -0.2) is 0 Å². The molecule has 0 bridgehead atoms. The van der Waals surface area contributed by atoms with E-state index in [1.54, 1.807) is 0 Å². The molecule has 1 aliphatic carbocycles. The molecule has 1 N–H and O–H groups in total. The topological polar surface area (TPSA) is 32.3 Å². The van der Waals surface area contributed by atoms with Crippen molar-refractivity contribution in [3.05, 3.63) is 77.5 Å². The Balaban J connectivity index is 1.81. The molecule has 0 fully saturated rings. The Bertz CT molecular complexity index is 737. The number of nitrogens with one attached hydrogen (secondary N) is 1. The summed E-state index contributed by atoms with van der Waals surface area (Å²) in [6.07, 6.45) is 2.94. The predicted octanol–water partition coefficient (Wildman–Crippen LogP) is 3.80. The second kappa shape index (κ2) is 5.92. The minimum Gasteiger partial charge on any atom is -0.386 e. The summed E-state index contributed by atoms with van der Waals surface area (Å²) in [5.41, 5.74) is 4.24. The smallest absolute Gasteiger partial charge is 0.256 e. The maximum absolute atomic E-state index is 13.2. The van der Waals surface area contributed by atoms with Crippen LogP contribution in [0.3, 0.4) is 0 Å². The number of rotatable bonds is 2. The van der Waals surface area contributed by atoms with E-state index >= 15 is 0 Å². The van der Waals surface area contributed by atoms with Gasteiger partial charge in [0.15, 0.2) is 0 Å². The second-order valence-corrected chi connectivity index (χ2v) is 6.13. The van der Waals surface area contributed by atoms with Gasteiger partial charge in [-0.2, -0.15) is 0 Å². The summed E-state index contributed by atoms with van der Waals surface area (Å²) in [5, 5.41) is 3.54. The number of carbonyl (C=O) groups excluding carboxylic acids is 1. The Kier molecular flexibility index (Phi) is 3.62. The van der Waals surface area contributed by atoms with Gasteiger partial charge < -0.3 is 5.32 Å². The molecule has 2 aromatic rings. The molecule has 1 atom stereocenters. The first-order valence-corrected chi connectivity index (χ1v) is 8.24. The number of hydrogen-bond acceptors (Lipinski definition) is 2. The van der Waals surface area contributed by atoms with E-state index in [2.05, 4.69) is 17.4 Å². The van der Waals surface area contributed by atoms with Crippen LogP contribution >= 0.6 is 0 Å². The minimum atomic E-state index is 0.0108. The van der Waals surface area contributed by atoms with Crippen molar-refractivity contribution < 1.29 is 4.79 Å². The lowest BCUT2D eigenvalue weighted by molar-refractivity contribution is -0.115. The number of anilines is 1. The van der Waals surface area contributed by atoms with Gasteiger partial charge in [-0.1, -0.05) is 48.5 Å². The molecule has 0 radical (unpaired) electrons. The van der Waals surface area contributed by atoms with E-state index in [9.17, 15) is 4.79 Å². The number of nitrogens with zero attached hydrogens (tertiary/aromatic N) is 1. The molecule has 0 aromatic heterocycles. The SMILES string of the molecule is O=C1C2=C(CCC2)NCC(c2ccccc2)N1c1ccccc1. The highest BCUT2D eigenvalue weighted by Gasteiger charge is 2.34. The number of allylic oxidation sites excluding steroid dienone is 1. The molecule has 1 amide bonds. The number of hydrogen-bond donors (Lipinski definition) is 1. The fourth-order valence-electron chi connectivity index (χ4n) is 3.60. The molecule has 0 spiro atoms. The van der Waals surface area contributed by atoms with Crippen LogP contribution in [-0.2, 0) is 4.79 Å². The van der Waals surface area contributed by atoms with Gasteiger partial charge in [0, 0.05) is 23.5 Å². The average molecular weight is 304 g/mol. The maximum Gasteiger partial charge on any atom is 0.256 e. The van der Waals surface area contributed by atoms with E-state index in [1.165, 1.54) is 5.56 Å². The standard InChI is InChI=1S/C20H20N2O/c23-20-17-12-7-13-18(17)21-14-19(15-8-3-1-4-9-15)22(20)16-10-5-2-6-11-16/h1-6,8-11,19,21H,7,12-14H2. The zero-order chi connectivity index (χ0) is 15.6. The first-order chi connectivity index (χ1) is 11.3. The Morgan fingerprint density at radius 2 is 1.61 bits per heavy atom. The Labute approximate surface area is 136 Å². The van der Waals surface area contributed by atoms with Gasteiger partial charge in [-0.05, 0) is 37.0 Å². The van der Waals surface area contributed by atoms with Crippen LogP contribution in [0.1, 0.15) is 30.9 Å². The highest BCUT2D eigenvalue weighted by Crippen LogP contribution is 2.35. The lowest BCUT2D eigenvalue weighted by Gasteiger charge is -2.31. The van der Waals surface area contributed by atoms with Crippen LogP contribution in [0.5, 0.6) is 0 Å². The van der Waals surface area contributed by atoms with E-state index in [0.717, 1.165) is 42.8 Å². The van der Waals surface area contributed by atoms with Crippen LogP contribution in [0, 0.1) is 0 Å². The van der Waals surface area contributed by atoms with E-state index < -0.39 is 0 Å². The molecule has 3 heteroatoms. The molecule has 1 heterocycles. The normalized spacial score (nSPS) is 21.0. The quantitative estimate of drug-likeness (QED) is 0.915. The summed E-state index contributed by atoms with van der Waals surface area (Å²) in [5.74, 6) is 0.155. The van der Waals surface area contributed by atoms with Crippen LogP contribution in [0.15, 0.2) is 71.9 Å². The van der Waals surface area contributed by atoms with Crippen molar-refractivity contribution in [1.29, 1.82) is 0 Å². The third-order valence-electron chi connectivity index (χ3n) is 4.73. The molecule has 2 aromatic carbocycles. The van der Waals surface area contributed by atoms with Crippen LogP contribution in [-0.4, -0.2) is 12.5 Å². The molecular weight excluding hydrogens is 284 g/mol. The highest BCUT2D eigenvalue weighted by atomic mass is 16.2. The molecule has 1 unspecified atom stereocenters. The summed E-state index contributed by atoms with van der Waals surface area (Å²) in [6, 6.07) is 20.3. The zero-order valence-electron chi connectivity index (χ0n) is 13.0. The Hall–Kier alpha value is -2.55. The summed E-state index contributed by atoms with van der Waals surface area (Å²) in [6.45, 7) is 0.753. The van der Waals surface area contributed by atoms with Crippen LogP contribution in [0.25, 0.3) is 0 Å². The molecule has 116 valence electrons. The van der Waals surface area contributed by atoms with Crippen LogP contribution < -0.4 is 10.2 Å². The Morgan fingerprint density at radius 1 is 0.913 bits per heavy atom. The van der Waals surface area contributed by atoms with Crippen molar-refractivity contribution in [1.82, 2.24) is 5.32 Å². The predicted molar refractivity (Wildman–Crippen MR) is 92.0 cm³/mol.